The molecule has 2 aromatic rings. The molecule has 96 valence electrons. The fourth-order valence-corrected chi connectivity index (χ4v) is 1.66. The van der Waals surface area contributed by atoms with E-state index in [4.69, 9.17) is 5.11 Å². The Morgan fingerprint density at radius 1 is 1.28 bits per heavy atom. The number of aryl methyl sites for hydroxylation is 1. The maximum Gasteiger partial charge on any atom is 0.137 e. The van der Waals surface area contributed by atoms with E-state index in [2.05, 4.69) is 20.5 Å². The molecule has 0 aliphatic carbocycles. The van der Waals surface area contributed by atoms with E-state index < -0.39 is 0 Å². The molecular weight excluding hydrogens is 232 g/mol. The monoisotopic (exact) mass is 248 g/mol. The molecular formula is C12H16N4O2. The molecule has 1 aromatic heterocycles. The van der Waals surface area contributed by atoms with Crippen LogP contribution in [0, 0.1) is 0 Å². The summed E-state index contributed by atoms with van der Waals surface area (Å²) < 4.78 is 0. The largest absolute Gasteiger partial charge is 0.508 e. The van der Waals surface area contributed by atoms with E-state index in [1.54, 1.807) is 12.1 Å². The maximum atomic E-state index is 9.57. The quantitative estimate of drug-likeness (QED) is 0.571. The van der Waals surface area contributed by atoms with Gasteiger partial charge in [0, 0.05) is 24.6 Å². The standard InChI is InChI=1S/C12H16N4O2/c17-10-4-3-9(11(18)6-10)7-13-5-1-2-12-14-8-15-16-12/h3-4,6,8,13,17-18H,1-2,5,7H2,(H,14,15,16). The second kappa shape index (κ2) is 6.02. The summed E-state index contributed by atoms with van der Waals surface area (Å²) in [4.78, 5) is 4.03. The van der Waals surface area contributed by atoms with Gasteiger partial charge in [-0.2, -0.15) is 5.10 Å². The van der Waals surface area contributed by atoms with Crippen molar-refractivity contribution in [2.45, 2.75) is 19.4 Å². The summed E-state index contributed by atoms with van der Waals surface area (Å²) in [5.41, 5.74) is 0.771. The summed E-state index contributed by atoms with van der Waals surface area (Å²) >= 11 is 0. The zero-order chi connectivity index (χ0) is 12.8. The van der Waals surface area contributed by atoms with Crippen LogP contribution < -0.4 is 5.32 Å². The lowest BCUT2D eigenvalue weighted by Gasteiger charge is -2.06. The minimum absolute atomic E-state index is 0.0709. The number of nitrogens with one attached hydrogen (secondary N) is 2. The highest BCUT2D eigenvalue weighted by atomic mass is 16.3. The van der Waals surface area contributed by atoms with Crippen molar-refractivity contribution in [1.82, 2.24) is 20.5 Å². The van der Waals surface area contributed by atoms with Gasteiger partial charge in [0.25, 0.3) is 0 Å². The van der Waals surface area contributed by atoms with Crippen molar-refractivity contribution in [2.24, 2.45) is 0 Å². The van der Waals surface area contributed by atoms with E-state index in [0.29, 0.717) is 6.54 Å². The number of aromatic amines is 1. The highest BCUT2D eigenvalue weighted by Crippen LogP contribution is 2.22. The van der Waals surface area contributed by atoms with Crippen molar-refractivity contribution < 1.29 is 10.2 Å². The van der Waals surface area contributed by atoms with Gasteiger partial charge in [-0.1, -0.05) is 6.07 Å². The fourth-order valence-electron chi connectivity index (χ4n) is 1.66. The first-order valence-corrected chi connectivity index (χ1v) is 5.81. The number of phenols is 2. The zero-order valence-electron chi connectivity index (χ0n) is 9.93. The molecule has 1 aromatic carbocycles. The Kier molecular flexibility index (Phi) is 4.14. The number of aromatic nitrogens is 3. The summed E-state index contributed by atoms with van der Waals surface area (Å²) in [6.07, 6.45) is 3.28. The topological polar surface area (TPSA) is 94.1 Å². The van der Waals surface area contributed by atoms with Gasteiger partial charge in [-0.3, -0.25) is 5.10 Å². The Morgan fingerprint density at radius 2 is 2.17 bits per heavy atom. The van der Waals surface area contributed by atoms with E-state index in [9.17, 15) is 5.11 Å². The van der Waals surface area contributed by atoms with Crippen LogP contribution in [0.2, 0.25) is 0 Å². The minimum Gasteiger partial charge on any atom is -0.508 e. The smallest absolute Gasteiger partial charge is 0.137 e. The van der Waals surface area contributed by atoms with Crippen LogP contribution in [-0.4, -0.2) is 31.9 Å². The average Bonchev–Trinajstić information content (AvgIpc) is 2.84. The van der Waals surface area contributed by atoms with Crippen molar-refractivity contribution in [3.63, 3.8) is 0 Å². The molecule has 0 spiro atoms. The Hall–Kier alpha value is -2.08. The van der Waals surface area contributed by atoms with Gasteiger partial charge in [-0.25, -0.2) is 4.98 Å². The van der Waals surface area contributed by atoms with E-state index in [1.165, 1.54) is 12.4 Å². The maximum absolute atomic E-state index is 9.57. The van der Waals surface area contributed by atoms with Crippen LogP contribution in [-0.2, 0) is 13.0 Å². The van der Waals surface area contributed by atoms with Crippen molar-refractivity contribution in [2.75, 3.05) is 6.54 Å². The van der Waals surface area contributed by atoms with Crippen molar-refractivity contribution in [3.05, 3.63) is 35.9 Å². The number of rotatable bonds is 6. The fraction of sp³-hybridized carbons (Fsp3) is 0.333. The molecule has 18 heavy (non-hydrogen) atoms. The van der Waals surface area contributed by atoms with Crippen LogP contribution in [0.3, 0.4) is 0 Å². The number of aromatic hydroxyl groups is 2. The van der Waals surface area contributed by atoms with Gasteiger partial charge in [0.05, 0.1) is 0 Å². The Bertz CT molecular complexity index is 485. The van der Waals surface area contributed by atoms with Crippen LogP contribution in [0.15, 0.2) is 24.5 Å². The van der Waals surface area contributed by atoms with Crippen molar-refractivity contribution in [1.29, 1.82) is 0 Å². The molecule has 0 radical (unpaired) electrons. The molecule has 0 saturated carbocycles. The first-order chi connectivity index (χ1) is 8.75. The van der Waals surface area contributed by atoms with Crippen molar-refractivity contribution in [3.8, 4) is 11.5 Å². The molecule has 4 N–H and O–H groups in total. The van der Waals surface area contributed by atoms with Gasteiger partial charge in [0.1, 0.15) is 23.7 Å². The Labute approximate surface area is 105 Å². The molecule has 0 unspecified atom stereocenters. The SMILES string of the molecule is Oc1ccc(CNCCCc2ncn[nH]2)c(O)c1. The van der Waals surface area contributed by atoms with Crippen LogP contribution in [0.1, 0.15) is 17.8 Å². The zero-order valence-corrected chi connectivity index (χ0v) is 9.93. The third-order valence-electron chi connectivity index (χ3n) is 2.62. The van der Waals surface area contributed by atoms with Crippen LogP contribution in [0.4, 0.5) is 0 Å². The Morgan fingerprint density at radius 3 is 2.89 bits per heavy atom. The molecule has 2 rings (SSSR count). The van der Waals surface area contributed by atoms with Crippen molar-refractivity contribution >= 4 is 0 Å². The molecule has 0 bridgehead atoms. The van der Waals surface area contributed by atoms with Gasteiger partial charge in [-0.15, -0.1) is 0 Å². The molecule has 1 heterocycles. The predicted molar refractivity (Wildman–Crippen MR) is 66.2 cm³/mol. The molecule has 0 aliphatic rings. The van der Waals surface area contributed by atoms with Crippen LogP contribution >= 0.6 is 0 Å². The normalized spacial score (nSPS) is 10.7. The van der Waals surface area contributed by atoms with Gasteiger partial charge in [0.2, 0.25) is 0 Å². The van der Waals surface area contributed by atoms with Gasteiger partial charge < -0.3 is 15.5 Å². The lowest BCUT2D eigenvalue weighted by Crippen LogP contribution is -2.15. The highest BCUT2D eigenvalue weighted by molar-refractivity contribution is 5.38. The lowest BCUT2D eigenvalue weighted by atomic mass is 10.2. The van der Waals surface area contributed by atoms with E-state index in [1.807, 2.05) is 0 Å². The van der Waals surface area contributed by atoms with Gasteiger partial charge >= 0.3 is 0 Å². The summed E-state index contributed by atoms with van der Waals surface area (Å²) in [5.74, 6) is 1.06. The van der Waals surface area contributed by atoms with Gasteiger partial charge in [0.15, 0.2) is 0 Å². The number of H-pyrrole nitrogens is 1. The average molecular weight is 248 g/mol. The summed E-state index contributed by atoms with van der Waals surface area (Å²) in [6, 6.07) is 4.60. The van der Waals surface area contributed by atoms with Crippen LogP contribution in [0.25, 0.3) is 0 Å². The number of benzene rings is 1. The number of nitrogens with zero attached hydrogens (tertiary/aromatic N) is 2. The number of hydrogen-bond acceptors (Lipinski definition) is 5. The molecule has 0 aliphatic heterocycles. The summed E-state index contributed by atoms with van der Waals surface area (Å²) in [5, 5.41) is 28.5. The summed E-state index contributed by atoms with van der Waals surface area (Å²) in [6.45, 7) is 1.39. The molecule has 0 atom stereocenters. The number of phenolic OH excluding ortho intramolecular Hbond substituents is 2. The molecule has 0 amide bonds. The third kappa shape index (κ3) is 3.46. The first kappa shape index (κ1) is 12.4. The molecule has 6 nitrogen and oxygen atoms in total. The van der Waals surface area contributed by atoms with Crippen LogP contribution in [0.5, 0.6) is 11.5 Å². The van der Waals surface area contributed by atoms with Gasteiger partial charge in [-0.05, 0) is 19.0 Å². The predicted octanol–water partition coefficient (Wildman–Crippen LogP) is 0.938. The third-order valence-corrected chi connectivity index (χ3v) is 2.62. The second-order valence-electron chi connectivity index (χ2n) is 4.03. The summed E-state index contributed by atoms with van der Waals surface area (Å²) in [7, 11) is 0. The second-order valence-corrected chi connectivity index (χ2v) is 4.03. The van der Waals surface area contributed by atoms with E-state index in [-0.39, 0.29) is 11.5 Å². The molecule has 0 fully saturated rings. The Balaban J connectivity index is 1.69. The number of hydrogen-bond donors (Lipinski definition) is 4. The van der Waals surface area contributed by atoms with E-state index >= 15 is 0 Å². The first-order valence-electron chi connectivity index (χ1n) is 5.81. The lowest BCUT2D eigenvalue weighted by molar-refractivity contribution is 0.443. The minimum atomic E-state index is 0.0709. The van der Waals surface area contributed by atoms with E-state index in [0.717, 1.165) is 30.8 Å². The molecule has 6 heteroatoms. The molecule has 0 saturated heterocycles. The highest BCUT2D eigenvalue weighted by Gasteiger charge is 2.01.